The zero-order chi connectivity index (χ0) is 19.0. The molecule has 4 aromatic rings. The molecule has 136 valence electrons. The van der Waals surface area contributed by atoms with Crippen LogP contribution in [0.5, 0.6) is 0 Å². The maximum absolute atomic E-state index is 13.4. The number of hydrogen-bond acceptors (Lipinski definition) is 4. The molecule has 2 heterocycles. The number of ether oxygens (including phenoxy) is 1. The van der Waals surface area contributed by atoms with Crippen molar-refractivity contribution in [3.63, 3.8) is 0 Å². The first kappa shape index (κ1) is 16.9. The van der Waals surface area contributed by atoms with Crippen LogP contribution < -0.4 is 5.56 Å². The number of alkyl halides is 2. The van der Waals surface area contributed by atoms with Crippen molar-refractivity contribution in [1.82, 2.24) is 14.5 Å². The molecule has 0 unspecified atom stereocenters. The third kappa shape index (κ3) is 3.05. The molecule has 0 spiro atoms. The normalized spacial score (nSPS) is 11.4. The van der Waals surface area contributed by atoms with E-state index in [1.165, 1.54) is 6.07 Å². The van der Waals surface area contributed by atoms with Crippen molar-refractivity contribution >= 4 is 27.9 Å². The van der Waals surface area contributed by atoms with Gasteiger partial charge in [0.1, 0.15) is 6.61 Å². The molecule has 0 radical (unpaired) electrons. The largest absolute Gasteiger partial charge is 0.454 e. The van der Waals surface area contributed by atoms with Crippen LogP contribution in [0.2, 0.25) is 0 Å². The van der Waals surface area contributed by atoms with Gasteiger partial charge in [-0.1, -0.05) is 30.3 Å². The number of halogens is 2. The fourth-order valence-corrected chi connectivity index (χ4v) is 3.00. The van der Waals surface area contributed by atoms with E-state index >= 15 is 0 Å². The summed E-state index contributed by atoms with van der Waals surface area (Å²) >= 11 is 0. The molecule has 0 aliphatic heterocycles. The van der Waals surface area contributed by atoms with Gasteiger partial charge >= 0.3 is 12.5 Å². The summed E-state index contributed by atoms with van der Waals surface area (Å²) in [5.41, 5.74) is 0.719. The van der Waals surface area contributed by atoms with E-state index in [4.69, 9.17) is 4.74 Å². The smallest absolute Gasteiger partial charge is 0.339 e. The third-order valence-corrected chi connectivity index (χ3v) is 4.17. The van der Waals surface area contributed by atoms with Crippen LogP contribution in [0.4, 0.5) is 8.78 Å². The quantitative estimate of drug-likeness (QED) is 0.557. The number of esters is 1. The number of imidazole rings is 1. The number of nitrogens with one attached hydrogen (secondary N) is 1. The van der Waals surface area contributed by atoms with Crippen molar-refractivity contribution in [2.75, 3.05) is 0 Å². The number of benzene rings is 2. The molecule has 4 rings (SSSR count). The summed E-state index contributed by atoms with van der Waals surface area (Å²) in [4.78, 5) is 31.0. The van der Waals surface area contributed by atoms with Crippen LogP contribution in [0.1, 0.15) is 22.7 Å². The second-order valence-corrected chi connectivity index (χ2v) is 5.83. The summed E-state index contributed by atoms with van der Waals surface area (Å²) in [5, 5.41) is 0.504. The molecule has 0 fully saturated rings. The number of carbonyl (C=O) groups is 1. The molecule has 0 atom stereocenters. The number of fused-ring (bicyclic) bond motifs is 2. The molecule has 0 aliphatic carbocycles. The first-order chi connectivity index (χ1) is 13.0. The molecule has 0 amide bonds. The van der Waals surface area contributed by atoms with E-state index in [2.05, 4.69) is 9.97 Å². The van der Waals surface area contributed by atoms with E-state index in [1.54, 1.807) is 42.5 Å². The Bertz CT molecular complexity index is 1210. The van der Waals surface area contributed by atoms with Gasteiger partial charge in [0.05, 0.1) is 16.6 Å². The summed E-state index contributed by atoms with van der Waals surface area (Å²) in [6, 6.07) is 14.3. The summed E-state index contributed by atoms with van der Waals surface area (Å²) in [5.74, 6) is -0.862. The van der Waals surface area contributed by atoms with Gasteiger partial charge in [0.15, 0.2) is 5.82 Å². The fourth-order valence-electron chi connectivity index (χ4n) is 3.00. The van der Waals surface area contributed by atoms with Crippen molar-refractivity contribution in [1.29, 1.82) is 0 Å². The Kier molecular flexibility index (Phi) is 4.15. The van der Waals surface area contributed by atoms with Gasteiger partial charge in [-0.05, 0) is 18.2 Å². The predicted molar refractivity (Wildman–Crippen MR) is 94.7 cm³/mol. The van der Waals surface area contributed by atoms with Gasteiger partial charge in [-0.15, -0.1) is 0 Å². The zero-order valence-corrected chi connectivity index (χ0v) is 13.9. The van der Waals surface area contributed by atoms with Gasteiger partial charge < -0.3 is 9.72 Å². The standard InChI is InChI=1S/C19H13F2N3O3/c20-19(21)24-15-8-4-3-7-14(15)22-16(24)10-27-18(26)12-9-17(25)23-13-6-2-1-5-11(12)13/h1-9,19H,10H2,(H,23,25). The van der Waals surface area contributed by atoms with E-state index in [1.807, 2.05) is 0 Å². The lowest BCUT2D eigenvalue weighted by atomic mass is 10.1. The van der Waals surface area contributed by atoms with E-state index in [0.29, 0.717) is 16.4 Å². The highest BCUT2D eigenvalue weighted by molar-refractivity contribution is 6.03. The number of nitrogens with zero attached hydrogens (tertiary/aromatic N) is 2. The van der Waals surface area contributed by atoms with Crippen LogP contribution in [0.15, 0.2) is 59.4 Å². The number of hydrogen-bond donors (Lipinski definition) is 1. The molecule has 0 aliphatic rings. The number of aromatic nitrogens is 3. The third-order valence-electron chi connectivity index (χ3n) is 4.17. The Hall–Kier alpha value is -3.55. The first-order valence-electron chi connectivity index (χ1n) is 8.08. The summed E-state index contributed by atoms with van der Waals surface area (Å²) in [7, 11) is 0. The molecule has 0 bridgehead atoms. The van der Waals surface area contributed by atoms with Crippen LogP contribution in [-0.2, 0) is 11.3 Å². The number of H-pyrrole nitrogens is 1. The molecule has 2 aromatic heterocycles. The highest BCUT2D eigenvalue weighted by atomic mass is 19.3. The van der Waals surface area contributed by atoms with E-state index in [0.717, 1.165) is 10.6 Å². The molecule has 27 heavy (non-hydrogen) atoms. The van der Waals surface area contributed by atoms with Crippen molar-refractivity contribution in [3.05, 3.63) is 76.3 Å². The lowest BCUT2D eigenvalue weighted by molar-refractivity contribution is 0.0389. The highest BCUT2D eigenvalue weighted by Gasteiger charge is 2.20. The molecule has 8 heteroatoms. The molecule has 6 nitrogen and oxygen atoms in total. The van der Waals surface area contributed by atoms with Gasteiger partial charge in [-0.2, -0.15) is 8.78 Å². The molecular formula is C19H13F2N3O3. The van der Waals surface area contributed by atoms with Crippen molar-refractivity contribution in [2.45, 2.75) is 13.2 Å². The van der Waals surface area contributed by atoms with Crippen molar-refractivity contribution < 1.29 is 18.3 Å². The zero-order valence-electron chi connectivity index (χ0n) is 13.9. The van der Waals surface area contributed by atoms with Crippen LogP contribution in [-0.4, -0.2) is 20.5 Å². The van der Waals surface area contributed by atoms with Gasteiger partial charge in [0.2, 0.25) is 5.56 Å². The lowest BCUT2D eigenvalue weighted by Gasteiger charge is -2.09. The highest BCUT2D eigenvalue weighted by Crippen LogP contribution is 2.24. The maximum atomic E-state index is 13.4. The summed E-state index contributed by atoms with van der Waals surface area (Å²) in [6.07, 6.45) is 0. The minimum atomic E-state index is -2.83. The van der Waals surface area contributed by atoms with Gasteiger partial charge in [-0.25, -0.2) is 9.78 Å². The van der Waals surface area contributed by atoms with Crippen molar-refractivity contribution in [2.24, 2.45) is 0 Å². The monoisotopic (exact) mass is 369 g/mol. The number of pyridine rings is 1. The Morgan fingerprint density at radius 1 is 1.15 bits per heavy atom. The van der Waals surface area contributed by atoms with Crippen molar-refractivity contribution in [3.8, 4) is 0 Å². The summed E-state index contributed by atoms with van der Waals surface area (Å²) in [6.45, 7) is -3.27. The first-order valence-corrected chi connectivity index (χ1v) is 8.08. The fraction of sp³-hybridized carbons (Fsp3) is 0.105. The minimum Gasteiger partial charge on any atom is -0.454 e. The molecule has 2 aromatic carbocycles. The Labute approximate surface area is 151 Å². The molecular weight excluding hydrogens is 356 g/mol. The second-order valence-electron chi connectivity index (χ2n) is 5.83. The van der Waals surface area contributed by atoms with Gasteiger partial charge in [0.25, 0.3) is 0 Å². The minimum absolute atomic E-state index is 0.0639. The molecule has 0 saturated carbocycles. The number of para-hydroxylation sites is 3. The Morgan fingerprint density at radius 2 is 1.89 bits per heavy atom. The van der Waals surface area contributed by atoms with Crippen LogP contribution >= 0.6 is 0 Å². The van der Waals surface area contributed by atoms with E-state index < -0.39 is 24.7 Å². The van der Waals surface area contributed by atoms with E-state index in [-0.39, 0.29) is 16.9 Å². The number of rotatable bonds is 4. The van der Waals surface area contributed by atoms with E-state index in [9.17, 15) is 18.4 Å². The molecule has 0 saturated heterocycles. The number of aromatic amines is 1. The molecule has 1 N–H and O–H groups in total. The average Bonchev–Trinajstić information content (AvgIpc) is 3.04. The van der Waals surface area contributed by atoms with Gasteiger partial charge in [-0.3, -0.25) is 9.36 Å². The second kappa shape index (κ2) is 6.64. The Balaban J connectivity index is 1.67. The number of carbonyl (C=O) groups excluding carboxylic acids is 1. The maximum Gasteiger partial charge on any atom is 0.339 e. The SMILES string of the molecule is O=C(OCc1nc2ccccc2n1C(F)F)c1cc(=O)[nH]c2ccccc12. The Morgan fingerprint density at radius 3 is 2.70 bits per heavy atom. The average molecular weight is 369 g/mol. The van der Waals surface area contributed by atoms with Gasteiger partial charge in [0, 0.05) is 17.0 Å². The van der Waals surface area contributed by atoms with Crippen LogP contribution in [0.3, 0.4) is 0 Å². The lowest BCUT2D eigenvalue weighted by Crippen LogP contribution is -2.14. The predicted octanol–water partition coefficient (Wildman–Crippen LogP) is 3.63. The van der Waals surface area contributed by atoms with Crippen LogP contribution in [0, 0.1) is 0 Å². The summed E-state index contributed by atoms with van der Waals surface area (Å²) < 4.78 is 32.8. The topological polar surface area (TPSA) is 77.0 Å². The van der Waals surface area contributed by atoms with Crippen LogP contribution in [0.25, 0.3) is 21.9 Å².